The number of carbonyl (C=O) groups is 2. The van der Waals surface area contributed by atoms with Gasteiger partial charge < -0.3 is 9.64 Å². The predicted octanol–water partition coefficient (Wildman–Crippen LogP) is 2.12. The van der Waals surface area contributed by atoms with Crippen molar-refractivity contribution in [2.75, 3.05) is 19.8 Å². The molecule has 0 aromatic rings. The fraction of sp³-hybridized carbons (Fsp3) is 0.875. The van der Waals surface area contributed by atoms with Gasteiger partial charge >= 0.3 is 0 Å². The van der Waals surface area contributed by atoms with Crippen LogP contribution >= 0.6 is 0 Å². The lowest BCUT2D eigenvalue weighted by molar-refractivity contribution is -0.147. The standard InChI is InChI=1S/C16H27NO3/c1-15(2,3)13(18)12-11-9-20-8-10(11)7-17(12)14(19)16(4,5)6/h10-12H,7-9H2,1-6H3. The molecule has 2 fully saturated rings. The Labute approximate surface area is 121 Å². The van der Waals surface area contributed by atoms with Gasteiger partial charge in [-0.1, -0.05) is 41.5 Å². The summed E-state index contributed by atoms with van der Waals surface area (Å²) in [5.41, 5.74) is -0.880. The molecule has 2 rings (SSSR count). The summed E-state index contributed by atoms with van der Waals surface area (Å²) in [5.74, 6) is 0.730. The van der Waals surface area contributed by atoms with Gasteiger partial charge in [0, 0.05) is 29.2 Å². The van der Waals surface area contributed by atoms with Crippen LogP contribution in [0, 0.1) is 22.7 Å². The van der Waals surface area contributed by atoms with Gasteiger partial charge in [0.2, 0.25) is 5.91 Å². The highest BCUT2D eigenvalue weighted by molar-refractivity contribution is 5.94. The van der Waals surface area contributed by atoms with Crippen LogP contribution in [0.2, 0.25) is 0 Å². The van der Waals surface area contributed by atoms with Crippen molar-refractivity contribution in [1.29, 1.82) is 0 Å². The first kappa shape index (κ1) is 15.5. The lowest BCUT2D eigenvalue weighted by Crippen LogP contribution is -2.51. The highest BCUT2D eigenvalue weighted by Gasteiger charge is 2.53. The number of ether oxygens (including phenoxy) is 1. The average molecular weight is 281 g/mol. The number of likely N-dealkylation sites (tertiary alicyclic amines) is 1. The summed E-state index contributed by atoms with van der Waals surface area (Å²) in [5, 5.41) is 0. The van der Waals surface area contributed by atoms with Gasteiger partial charge in [-0.2, -0.15) is 0 Å². The highest BCUT2D eigenvalue weighted by atomic mass is 16.5. The van der Waals surface area contributed by atoms with E-state index in [1.807, 2.05) is 46.4 Å². The van der Waals surface area contributed by atoms with E-state index in [9.17, 15) is 9.59 Å². The van der Waals surface area contributed by atoms with Crippen molar-refractivity contribution in [2.24, 2.45) is 22.7 Å². The van der Waals surface area contributed by atoms with Crippen molar-refractivity contribution < 1.29 is 14.3 Å². The number of Topliss-reactive ketones (excluding diaryl/α,β-unsaturated/α-hetero) is 1. The summed E-state index contributed by atoms with van der Waals surface area (Å²) in [6.07, 6.45) is 0. The van der Waals surface area contributed by atoms with Gasteiger partial charge in [0.15, 0.2) is 5.78 Å². The number of fused-ring (bicyclic) bond motifs is 1. The molecule has 4 nitrogen and oxygen atoms in total. The fourth-order valence-electron chi connectivity index (χ4n) is 3.17. The van der Waals surface area contributed by atoms with Crippen molar-refractivity contribution in [2.45, 2.75) is 47.6 Å². The third-order valence-electron chi connectivity index (χ3n) is 4.33. The topological polar surface area (TPSA) is 46.6 Å². The minimum absolute atomic E-state index is 0.0782. The van der Waals surface area contributed by atoms with Gasteiger partial charge in [-0.05, 0) is 0 Å². The minimum atomic E-state index is -0.449. The molecule has 0 aliphatic carbocycles. The van der Waals surface area contributed by atoms with E-state index >= 15 is 0 Å². The van der Waals surface area contributed by atoms with Crippen LogP contribution in [0.3, 0.4) is 0 Å². The predicted molar refractivity (Wildman–Crippen MR) is 77.2 cm³/mol. The summed E-state index contributed by atoms with van der Waals surface area (Å²) >= 11 is 0. The summed E-state index contributed by atoms with van der Waals surface area (Å²) in [4.78, 5) is 27.3. The number of ketones is 1. The summed E-state index contributed by atoms with van der Waals surface area (Å²) in [6.45, 7) is 13.5. The van der Waals surface area contributed by atoms with Crippen LogP contribution in [0.4, 0.5) is 0 Å². The molecular weight excluding hydrogens is 254 g/mol. The zero-order valence-corrected chi connectivity index (χ0v) is 13.5. The first-order chi connectivity index (χ1) is 9.03. The Morgan fingerprint density at radius 1 is 1.00 bits per heavy atom. The van der Waals surface area contributed by atoms with Crippen LogP contribution < -0.4 is 0 Å². The summed E-state index contributed by atoms with van der Waals surface area (Å²) < 4.78 is 5.53. The maximum absolute atomic E-state index is 12.8. The third-order valence-corrected chi connectivity index (χ3v) is 4.33. The molecule has 20 heavy (non-hydrogen) atoms. The normalized spacial score (nSPS) is 30.5. The van der Waals surface area contributed by atoms with E-state index in [-0.39, 0.29) is 23.7 Å². The number of amides is 1. The first-order valence-electron chi connectivity index (χ1n) is 7.46. The Bertz CT molecular complexity index is 416. The van der Waals surface area contributed by atoms with Gasteiger partial charge in [-0.3, -0.25) is 9.59 Å². The van der Waals surface area contributed by atoms with E-state index in [1.54, 1.807) is 0 Å². The van der Waals surface area contributed by atoms with Gasteiger partial charge in [0.1, 0.15) is 0 Å². The smallest absolute Gasteiger partial charge is 0.228 e. The summed E-state index contributed by atoms with van der Waals surface area (Å²) in [7, 11) is 0. The van der Waals surface area contributed by atoms with Gasteiger partial charge in [-0.15, -0.1) is 0 Å². The molecule has 3 atom stereocenters. The molecule has 0 saturated carbocycles. The molecule has 2 aliphatic rings. The third kappa shape index (κ3) is 2.62. The Morgan fingerprint density at radius 2 is 1.60 bits per heavy atom. The van der Waals surface area contributed by atoms with E-state index in [4.69, 9.17) is 4.74 Å². The molecule has 0 N–H and O–H groups in total. The second-order valence-corrected chi connectivity index (χ2v) is 8.23. The van der Waals surface area contributed by atoms with E-state index in [0.29, 0.717) is 25.7 Å². The molecule has 114 valence electrons. The molecule has 0 aromatic heterocycles. The first-order valence-corrected chi connectivity index (χ1v) is 7.46. The number of nitrogens with zero attached hydrogens (tertiary/aromatic N) is 1. The van der Waals surface area contributed by atoms with Crippen LogP contribution in [0.5, 0.6) is 0 Å². The van der Waals surface area contributed by atoms with Crippen molar-refractivity contribution in [3.63, 3.8) is 0 Å². The molecule has 1 amide bonds. The second-order valence-electron chi connectivity index (χ2n) is 8.23. The molecule has 3 unspecified atom stereocenters. The maximum atomic E-state index is 12.8. The van der Waals surface area contributed by atoms with Crippen molar-refractivity contribution in [1.82, 2.24) is 4.90 Å². The lowest BCUT2D eigenvalue weighted by Gasteiger charge is -2.35. The quantitative estimate of drug-likeness (QED) is 0.739. The molecule has 4 heteroatoms. The molecule has 0 bridgehead atoms. The number of carbonyl (C=O) groups excluding carboxylic acids is 2. The van der Waals surface area contributed by atoms with Gasteiger partial charge in [0.25, 0.3) is 0 Å². The van der Waals surface area contributed by atoms with E-state index in [0.717, 1.165) is 0 Å². The van der Waals surface area contributed by atoms with Crippen LogP contribution in [0.1, 0.15) is 41.5 Å². The monoisotopic (exact) mass is 281 g/mol. The van der Waals surface area contributed by atoms with Crippen LogP contribution in [0.25, 0.3) is 0 Å². The van der Waals surface area contributed by atoms with Crippen molar-refractivity contribution >= 4 is 11.7 Å². The highest BCUT2D eigenvalue weighted by Crippen LogP contribution is 2.40. The Balaban J connectivity index is 2.31. The minimum Gasteiger partial charge on any atom is -0.381 e. The number of hydrogen-bond donors (Lipinski definition) is 0. The second kappa shape index (κ2) is 4.83. The zero-order chi connectivity index (χ0) is 15.3. The summed E-state index contributed by atoms with van der Waals surface area (Å²) in [6, 6.07) is -0.311. The van der Waals surface area contributed by atoms with Crippen LogP contribution in [0.15, 0.2) is 0 Å². The molecule has 2 saturated heterocycles. The molecule has 0 aromatic carbocycles. The maximum Gasteiger partial charge on any atom is 0.228 e. The fourth-order valence-corrected chi connectivity index (χ4v) is 3.17. The van der Waals surface area contributed by atoms with Gasteiger partial charge in [0.05, 0.1) is 19.3 Å². The van der Waals surface area contributed by atoms with Crippen LogP contribution in [-0.4, -0.2) is 42.4 Å². The van der Waals surface area contributed by atoms with Crippen molar-refractivity contribution in [3.8, 4) is 0 Å². The lowest BCUT2D eigenvalue weighted by atomic mass is 9.80. The molecule has 2 aliphatic heterocycles. The van der Waals surface area contributed by atoms with Crippen LogP contribution in [-0.2, 0) is 14.3 Å². The Hall–Kier alpha value is -0.900. The van der Waals surface area contributed by atoms with Crippen molar-refractivity contribution in [3.05, 3.63) is 0 Å². The SMILES string of the molecule is CC(C)(C)C(=O)C1C2COCC2CN1C(=O)C(C)(C)C. The van der Waals surface area contributed by atoms with Gasteiger partial charge in [-0.25, -0.2) is 0 Å². The largest absolute Gasteiger partial charge is 0.381 e. The zero-order valence-electron chi connectivity index (χ0n) is 13.5. The van der Waals surface area contributed by atoms with E-state index in [2.05, 4.69) is 0 Å². The number of hydrogen-bond acceptors (Lipinski definition) is 3. The molecular formula is C16H27NO3. The Kier molecular flexibility index (Phi) is 3.74. The van der Waals surface area contributed by atoms with E-state index < -0.39 is 10.8 Å². The number of rotatable bonds is 1. The van der Waals surface area contributed by atoms with E-state index in [1.165, 1.54) is 0 Å². The Morgan fingerprint density at radius 3 is 2.10 bits per heavy atom. The average Bonchev–Trinajstić information content (AvgIpc) is 2.83. The molecule has 0 spiro atoms. The molecule has 2 heterocycles. The molecule has 0 radical (unpaired) electrons.